The summed E-state index contributed by atoms with van der Waals surface area (Å²) in [6.45, 7) is 3.74. The summed E-state index contributed by atoms with van der Waals surface area (Å²) in [5.74, 6) is 0. The quantitative estimate of drug-likeness (QED) is 0.826. The van der Waals surface area contributed by atoms with Crippen LogP contribution in [0, 0.1) is 0 Å². The Morgan fingerprint density at radius 1 is 1.29 bits per heavy atom. The highest BCUT2D eigenvalue weighted by molar-refractivity contribution is 7.09. The Hall–Kier alpha value is -0.420. The Labute approximate surface area is 106 Å². The lowest BCUT2D eigenvalue weighted by atomic mass is 10.0. The van der Waals surface area contributed by atoms with Crippen LogP contribution in [0.2, 0.25) is 0 Å². The molecule has 0 spiro atoms. The summed E-state index contributed by atoms with van der Waals surface area (Å²) in [6.07, 6.45) is 3.81. The van der Waals surface area contributed by atoms with Crippen molar-refractivity contribution in [1.29, 1.82) is 0 Å². The summed E-state index contributed by atoms with van der Waals surface area (Å²) >= 11 is 1.84. The second-order valence-corrected chi connectivity index (χ2v) is 5.76. The molecule has 2 aliphatic rings. The van der Waals surface area contributed by atoms with E-state index in [0.29, 0.717) is 6.04 Å². The number of hydrogen-bond donors (Lipinski definition) is 0. The topological polar surface area (TPSA) is 21.7 Å². The highest BCUT2D eigenvalue weighted by Gasteiger charge is 2.33. The fourth-order valence-electron chi connectivity index (χ4n) is 2.72. The normalized spacial score (nSPS) is 27.6. The van der Waals surface area contributed by atoms with Crippen LogP contribution in [0.25, 0.3) is 0 Å². The molecule has 0 bridgehead atoms. The molecule has 0 unspecified atom stereocenters. The van der Waals surface area contributed by atoms with Gasteiger partial charge in [-0.2, -0.15) is 0 Å². The van der Waals surface area contributed by atoms with Crippen LogP contribution in [0.4, 0.5) is 0 Å². The molecule has 0 radical (unpaired) electrons. The number of nitrogens with zero attached hydrogens (tertiary/aromatic N) is 1. The highest BCUT2D eigenvalue weighted by Crippen LogP contribution is 2.26. The van der Waals surface area contributed by atoms with Gasteiger partial charge in [0.2, 0.25) is 0 Å². The first-order valence-electron chi connectivity index (χ1n) is 6.43. The van der Waals surface area contributed by atoms with E-state index in [4.69, 9.17) is 9.47 Å². The van der Waals surface area contributed by atoms with E-state index in [-0.39, 0.29) is 6.29 Å². The summed E-state index contributed by atoms with van der Waals surface area (Å²) in [5, 5.41) is 2.15. The van der Waals surface area contributed by atoms with Gasteiger partial charge in [0.1, 0.15) is 0 Å². The molecule has 3 nitrogen and oxygen atoms in total. The van der Waals surface area contributed by atoms with E-state index in [1.807, 2.05) is 11.3 Å². The standard InChI is InChI=1S/C13H19NO2S/c1-2-6-14(10-11-4-3-9-17-11)12(5-1)13-15-7-8-16-13/h3-4,9,12-13H,1-2,5-8,10H2/t12-/m1/s1. The zero-order valence-electron chi connectivity index (χ0n) is 10.0. The molecule has 3 rings (SSSR count). The Kier molecular flexibility index (Phi) is 3.76. The van der Waals surface area contributed by atoms with E-state index in [1.165, 1.54) is 30.7 Å². The number of hydrogen-bond acceptors (Lipinski definition) is 4. The number of likely N-dealkylation sites (tertiary alicyclic amines) is 1. The van der Waals surface area contributed by atoms with Crippen LogP contribution in [-0.2, 0) is 16.0 Å². The molecular formula is C13H19NO2S. The predicted octanol–water partition coefficient (Wildman–Crippen LogP) is 2.48. The minimum atomic E-state index is 0.00950. The van der Waals surface area contributed by atoms with Crippen molar-refractivity contribution in [2.24, 2.45) is 0 Å². The molecule has 2 saturated heterocycles. The van der Waals surface area contributed by atoms with Gasteiger partial charge in [-0.3, -0.25) is 4.90 Å². The first-order chi connectivity index (χ1) is 8.43. The molecule has 3 heterocycles. The molecule has 0 aliphatic carbocycles. The molecule has 0 aromatic carbocycles. The lowest BCUT2D eigenvalue weighted by Crippen LogP contribution is -2.46. The molecule has 17 heavy (non-hydrogen) atoms. The molecular weight excluding hydrogens is 234 g/mol. The monoisotopic (exact) mass is 253 g/mol. The van der Waals surface area contributed by atoms with Gasteiger partial charge in [0.25, 0.3) is 0 Å². The van der Waals surface area contributed by atoms with Crippen LogP contribution in [0.15, 0.2) is 17.5 Å². The molecule has 1 aromatic heterocycles. The van der Waals surface area contributed by atoms with Gasteiger partial charge in [-0.25, -0.2) is 0 Å². The van der Waals surface area contributed by atoms with Crippen molar-refractivity contribution in [2.45, 2.75) is 38.1 Å². The maximum absolute atomic E-state index is 5.68. The Morgan fingerprint density at radius 3 is 2.94 bits per heavy atom. The Bertz CT molecular complexity index is 335. The molecule has 94 valence electrons. The van der Waals surface area contributed by atoms with Gasteiger partial charge >= 0.3 is 0 Å². The maximum atomic E-state index is 5.68. The van der Waals surface area contributed by atoms with Crippen LogP contribution in [-0.4, -0.2) is 37.0 Å². The fraction of sp³-hybridized carbons (Fsp3) is 0.692. The maximum Gasteiger partial charge on any atom is 0.173 e. The van der Waals surface area contributed by atoms with Gasteiger partial charge < -0.3 is 9.47 Å². The average Bonchev–Trinajstić information content (AvgIpc) is 3.01. The van der Waals surface area contributed by atoms with Crippen molar-refractivity contribution < 1.29 is 9.47 Å². The van der Waals surface area contributed by atoms with Crippen LogP contribution in [0.1, 0.15) is 24.1 Å². The molecule has 0 N–H and O–H groups in total. The van der Waals surface area contributed by atoms with E-state index in [2.05, 4.69) is 22.4 Å². The van der Waals surface area contributed by atoms with Crippen molar-refractivity contribution >= 4 is 11.3 Å². The number of piperidine rings is 1. The first kappa shape index (κ1) is 11.7. The molecule has 4 heteroatoms. The third-order valence-electron chi connectivity index (χ3n) is 3.56. The Balaban J connectivity index is 1.66. The molecule has 0 amide bonds. The number of rotatable bonds is 3. The van der Waals surface area contributed by atoms with Gasteiger partial charge in [-0.05, 0) is 30.8 Å². The smallest absolute Gasteiger partial charge is 0.173 e. The molecule has 1 atom stereocenters. The summed E-state index contributed by atoms with van der Waals surface area (Å²) < 4.78 is 11.4. The first-order valence-corrected chi connectivity index (χ1v) is 7.31. The van der Waals surface area contributed by atoms with Crippen molar-refractivity contribution in [3.05, 3.63) is 22.4 Å². The van der Waals surface area contributed by atoms with Crippen molar-refractivity contribution in [2.75, 3.05) is 19.8 Å². The third-order valence-corrected chi connectivity index (χ3v) is 4.43. The molecule has 2 aliphatic heterocycles. The predicted molar refractivity (Wildman–Crippen MR) is 68.1 cm³/mol. The second-order valence-electron chi connectivity index (χ2n) is 4.72. The minimum Gasteiger partial charge on any atom is -0.349 e. The van der Waals surface area contributed by atoms with Gasteiger partial charge in [0, 0.05) is 11.4 Å². The van der Waals surface area contributed by atoms with Gasteiger partial charge in [0.05, 0.1) is 19.3 Å². The van der Waals surface area contributed by atoms with E-state index >= 15 is 0 Å². The summed E-state index contributed by atoms with van der Waals surface area (Å²) in [7, 11) is 0. The number of ether oxygens (including phenoxy) is 2. The Morgan fingerprint density at radius 2 is 2.18 bits per heavy atom. The van der Waals surface area contributed by atoms with E-state index in [1.54, 1.807) is 0 Å². The minimum absolute atomic E-state index is 0.00950. The highest BCUT2D eigenvalue weighted by atomic mass is 32.1. The zero-order valence-corrected chi connectivity index (χ0v) is 10.8. The van der Waals surface area contributed by atoms with Crippen molar-refractivity contribution in [3.8, 4) is 0 Å². The third kappa shape index (κ3) is 2.71. The molecule has 0 saturated carbocycles. The second kappa shape index (κ2) is 5.48. The van der Waals surface area contributed by atoms with Crippen LogP contribution < -0.4 is 0 Å². The van der Waals surface area contributed by atoms with E-state index in [0.717, 1.165) is 19.8 Å². The number of thiophene rings is 1. The summed E-state index contributed by atoms with van der Waals surface area (Å²) in [5.41, 5.74) is 0. The molecule has 2 fully saturated rings. The van der Waals surface area contributed by atoms with Gasteiger partial charge in [-0.15, -0.1) is 11.3 Å². The largest absolute Gasteiger partial charge is 0.349 e. The van der Waals surface area contributed by atoms with E-state index < -0.39 is 0 Å². The van der Waals surface area contributed by atoms with Crippen LogP contribution >= 0.6 is 11.3 Å². The fourth-order valence-corrected chi connectivity index (χ4v) is 3.45. The van der Waals surface area contributed by atoms with Crippen molar-refractivity contribution in [1.82, 2.24) is 4.90 Å². The van der Waals surface area contributed by atoms with E-state index in [9.17, 15) is 0 Å². The van der Waals surface area contributed by atoms with Crippen molar-refractivity contribution in [3.63, 3.8) is 0 Å². The SMILES string of the molecule is c1csc(CN2CCCC[C@@H]2C2OCCO2)c1. The molecule has 1 aromatic rings. The zero-order chi connectivity index (χ0) is 11.5. The van der Waals surface area contributed by atoms with Crippen LogP contribution in [0.5, 0.6) is 0 Å². The summed E-state index contributed by atoms with van der Waals surface area (Å²) in [6, 6.07) is 4.79. The van der Waals surface area contributed by atoms with Crippen LogP contribution in [0.3, 0.4) is 0 Å². The lowest BCUT2D eigenvalue weighted by Gasteiger charge is -2.37. The lowest BCUT2D eigenvalue weighted by molar-refractivity contribution is -0.111. The van der Waals surface area contributed by atoms with Gasteiger partial charge in [0.15, 0.2) is 6.29 Å². The average molecular weight is 253 g/mol. The summed E-state index contributed by atoms with van der Waals surface area (Å²) in [4.78, 5) is 3.97. The van der Waals surface area contributed by atoms with Gasteiger partial charge in [-0.1, -0.05) is 12.5 Å².